The highest BCUT2D eigenvalue weighted by Crippen LogP contribution is 2.34. The number of rotatable bonds is 6. The Bertz CT molecular complexity index is 382. The monoisotopic (exact) mass is 278 g/mol. The van der Waals surface area contributed by atoms with Gasteiger partial charge in [-0.1, -0.05) is 31.4 Å². The quantitative estimate of drug-likeness (QED) is 0.862. The number of aliphatic hydroxyl groups excluding tert-OH is 1. The van der Waals surface area contributed by atoms with E-state index in [1.807, 2.05) is 31.2 Å². The third-order valence-corrected chi connectivity index (χ3v) is 4.24. The molecule has 2 unspecified atom stereocenters. The molecule has 3 nitrogen and oxygen atoms in total. The van der Waals surface area contributed by atoms with E-state index in [0.717, 1.165) is 24.2 Å². The molecule has 0 aromatic heterocycles. The highest BCUT2D eigenvalue weighted by atomic mass is 16.5. The lowest BCUT2D eigenvalue weighted by atomic mass is 9.82. The van der Waals surface area contributed by atoms with Crippen molar-refractivity contribution in [2.75, 3.05) is 13.7 Å². The number of hydrogen-bond acceptors (Lipinski definition) is 3. The SMILES string of the molecule is CCOC(C1CCCCC1)C(O)c1ccc(OC)cc1. The molecule has 1 aromatic rings. The Morgan fingerprint density at radius 3 is 2.35 bits per heavy atom. The third kappa shape index (κ3) is 3.74. The lowest BCUT2D eigenvalue weighted by Gasteiger charge is -2.33. The van der Waals surface area contributed by atoms with Crippen molar-refractivity contribution in [3.63, 3.8) is 0 Å². The van der Waals surface area contributed by atoms with Gasteiger partial charge in [-0.3, -0.25) is 0 Å². The first-order valence-corrected chi connectivity index (χ1v) is 7.70. The average molecular weight is 278 g/mol. The molecule has 2 rings (SSSR count). The molecule has 1 saturated carbocycles. The van der Waals surface area contributed by atoms with Gasteiger partial charge in [0.2, 0.25) is 0 Å². The molecule has 3 heteroatoms. The van der Waals surface area contributed by atoms with Crippen molar-refractivity contribution in [2.45, 2.75) is 51.2 Å². The van der Waals surface area contributed by atoms with Crippen LogP contribution in [0.4, 0.5) is 0 Å². The van der Waals surface area contributed by atoms with Gasteiger partial charge in [-0.25, -0.2) is 0 Å². The van der Waals surface area contributed by atoms with E-state index in [1.165, 1.54) is 19.3 Å². The largest absolute Gasteiger partial charge is 0.497 e. The molecule has 1 aliphatic rings. The van der Waals surface area contributed by atoms with Crippen LogP contribution in [0.3, 0.4) is 0 Å². The fraction of sp³-hybridized carbons (Fsp3) is 0.647. The zero-order valence-electron chi connectivity index (χ0n) is 12.5. The van der Waals surface area contributed by atoms with Gasteiger partial charge in [0, 0.05) is 6.61 Å². The number of methoxy groups -OCH3 is 1. The molecule has 1 fully saturated rings. The molecule has 0 radical (unpaired) electrons. The lowest BCUT2D eigenvalue weighted by Crippen LogP contribution is -2.32. The second kappa shape index (κ2) is 7.65. The molecule has 0 spiro atoms. The summed E-state index contributed by atoms with van der Waals surface area (Å²) in [6, 6.07) is 7.64. The van der Waals surface area contributed by atoms with Crippen LogP contribution < -0.4 is 4.74 Å². The van der Waals surface area contributed by atoms with Gasteiger partial charge in [-0.15, -0.1) is 0 Å². The van der Waals surface area contributed by atoms with Crippen LogP contribution in [0.1, 0.15) is 50.7 Å². The highest BCUT2D eigenvalue weighted by Gasteiger charge is 2.30. The summed E-state index contributed by atoms with van der Waals surface area (Å²) in [7, 11) is 1.65. The zero-order chi connectivity index (χ0) is 14.4. The van der Waals surface area contributed by atoms with E-state index in [1.54, 1.807) is 7.11 Å². The van der Waals surface area contributed by atoms with Gasteiger partial charge in [0.25, 0.3) is 0 Å². The van der Waals surface area contributed by atoms with Crippen LogP contribution in [0.2, 0.25) is 0 Å². The molecule has 20 heavy (non-hydrogen) atoms. The maximum Gasteiger partial charge on any atom is 0.118 e. The average Bonchev–Trinajstić information content (AvgIpc) is 2.53. The molecule has 2 atom stereocenters. The first-order chi connectivity index (χ1) is 9.76. The Kier molecular flexibility index (Phi) is 5.86. The second-order valence-electron chi connectivity index (χ2n) is 5.54. The van der Waals surface area contributed by atoms with Gasteiger partial charge in [0.15, 0.2) is 0 Å². The smallest absolute Gasteiger partial charge is 0.118 e. The normalized spacial score (nSPS) is 19.6. The van der Waals surface area contributed by atoms with Crippen molar-refractivity contribution in [3.05, 3.63) is 29.8 Å². The van der Waals surface area contributed by atoms with Gasteiger partial charge in [-0.05, 0) is 43.4 Å². The molecule has 1 aliphatic carbocycles. The molecule has 0 saturated heterocycles. The van der Waals surface area contributed by atoms with Crippen molar-refractivity contribution < 1.29 is 14.6 Å². The van der Waals surface area contributed by atoms with Crippen LogP contribution in [0, 0.1) is 5.92 Å². The fourth-order valence-electron chi connectivity index (χ4n) is 3.13. The van der Waals surface area contributed by atoms with Crippen LogP contribution in [-0.2, 0) is 4.74 Å². The minimum atomic E-state index is -0.552. The summed E-state index contributed by atoms with van der Waals surface area (Å²) in [5.74, 6) is 1.28. The molecular weight excluding hydrogens is 252 g/mol. The predicted octanol–water partition coefficient (Wildman–Crippen LogP) is 3.71. The van der Waals surface area contributed by atoms with Crippen LogP contribution in [0.15, 0.2) is 24.3 Å². The van der Waals surface area contributed by atoms with Crippen LogP contribution in [0.25, 0.3) is 0 Å². The predicted molar refractivity (Wildman–Crippen MR) is 79.9 cm³/mol. The van der Waals surface area contributed by atoms with Crippen molar-refractivity contribution in [3.8, 4) is 5.75 Å². The number of aliphatic hydroxyl groups is 1. The Morgan fingerprint density at radius 2 is 1.80 bits per heavy atom. The van der Waals surface area contributed by atoms with E-state index in [9.17, 15) is 5.11 Å². The molecule has 112 valence electrons. The molecule has 0 bridgehead atoms. The minimum Gasteiger partial charge on any atom is -0.497 e. The van der Waals surface area contributed by atoms with Gasteiger partial charge in [0.05, 0.1) is 13.2 Å². The zero-order valence-corrected chi connectivity index (χ0v) is 12.5. The standard InChI is InChI=1S/C17H26O3/c1-3-20-17(14-7-5-4-6-8-14)16(18)13-9-11-15(19-2)12-10-13/h9-12,14,16-18H,3-8H2,1-2H3. The molecule has 1 aromatic carbocycles. The van der Waals surface area contributed by atoms with E-state index < -0.39 is 6.10 Å². The maximum absolute atomic E-state index is 10.7. The lowest BCUT2D eigenvalue weighted by molar-refractivity contribution is -0.0739. The fourth-order valence-corrected chi connectivity index (χ4v) is 3.13. The topological polar surface area (TPSA) is 38.7 Å². The summed E-state index contributed by atoms with van der Waals surface area (Å²) < 4.78 is 11.0. The highest BCUT2D eigenvalue weighted by molar-refractivity contribution is 5.29. The molecule has 0 amide bonds. The van der Waals surface area contributed by atoms with E-state index in [4.69, 9.17) is 9.47 Å². The van der Waals surface area contributed by atoms with Gasteiger partial charge >= 0.3 is 0 Å². The first kappa shape index (κ1) is 15.3. The number of hydrogen-bond donors (Lipinski definition) is 1. The Labute approximate surface area is 121 Å². The van der Waals surface area contributed by atoms with E-state index >= 15 is 0 Å². The molecule has 1 N–H and O–H groups in total. The Hall–Kier alpha value is -1.06. The van der Waals surface area contributed by atoms with Crippen molar-refractivity contribution >= 4 is 0 Å². The molecule has 0 heterocycles. The Balaban J connectivity index is 2.09. The summed E-state index contributed by atoms with van der Waals surface area (Å²) in [6.45, 7) is 2.64. The van der Waals surface area contributed by atoms with E-state index in [-0.39, 0.29) is 6.10 Å². The number of benzene rings is 1. The van der Waals surface area contributed by atoms with Crippen LogP contribution in [0.5, 0.6) is 5.75 Å². The van der Waals surface area contributed by atoms with Gasteiger partial charge in [-0.2, -0.15) is 0 Å². The first-order valence-electron chi connectivity index (χ1n) is 7.70. The summed E-state index contributed by atoms with van der Waals surface area (Å²) in [5.41, 5.74) is 0.912. The summed E-state index contributed by atoms with van der Waals surface area (Å²) >= 11 is 0. The van der Waals surface area contributed by atoms with Crippen LogP contribution in [-0.4, -0.2) is 24.9 Å². The number of ether oxygens (including phenoxy) is 2. The van der Waals surface area contributed by atoms with E-state index in [0.29, 0.717) is 12.5 Å². The Morgan fingerprint density at radius 1 is 1.15 bits per heavy atom. The van der Waals surface area contributed by atoms with Crippen molar-refractivity contribution in [1.29, 1.82) is 0 Å². The molecular formula is C17H26O3. The van der Waals surface area contributed by atoms with Crippen molar-refractivity contribution in [2.24, 2.45) is 5.92 Å². The van der Waals surface area contributed by atoms with E-state index in [2.05, 4.69) is 0 Å². The van der Waals surface area contributed by atoms with Gasteiger partial charge < -0.3 is 14.6 Å². The van der Waals surface area contributed by atoms with Crippen molar-refractivity contribution in [1.82, 2.24) is 0 Å². The summed E-state index contributed by atoms with van der Waals surface area (Å²) in [6.07, 6.45) is 5.51. The van der Waals surface area contributed by atoms with Gasteiger partial charge in [0.1, 0.15) is 11.9 Å². The maximum atomic E-state index is 10.7. The third-order valence-electron chi connectivity index (χ3n) is 4.24. The summed E-state index contributed by atoms with van der Waals surface area (Å²) in [5, 5.41) is 10.7. The second-order valence-corrected chi connectivity index (χ2v) is 5.54. The minimum absolute atomic E-state index is 0.0892. The van der Waals surface area contributed by atoms with Crippen LogP contribution >= 0.6 is 0 Å². The molecule has 0 aliphatic heterocycles. The summed E-state index contributed by atoms with van der Waals surface area (Å²) in [4.78, 5) is 0.